The second-order valence-electron chi connectivity index (χ2n) is 10.00. The standard InChI is InChI=1S/C18H37Br.C12H27O4P/c1-2-3-4-5-6-7-8-9-10-11-12-13-14-15-16-17-18-19;1-4-7-10-14-17(13,15-11-8-5-2)16-12-9-6-3/h2-18H2,1H3;4-12H2,1-3H3. The van der Waals surface area contributed by atoms with Gasteiger partial charge in [-0.25, -0.2) is 4.57 Å². The van der Waals surface area contributed by atoms with Gasteiger partial charge in [0.2, 0.25) is 0 Å². The van der Waals surface area contributed by atoms with E-state index in [4.69, 9.17) is 13.6 Å². The van der Waals surface area contributed by atoms with Gasteiger partial charge in [0.15, 0.2) is 0 Å². The van der Waals surface area contributed by atoms with Gasteiger partial charge in [0.05, 0.1) is 19.8 Å². The summed E-state index contributed by atoms with van der Waals surface area (Å²) in [6, 6.07) is 0. The van der Waals surface area contributed by atoms with Crippen LogP contribution in [-0.4, -0.2) is 25.2 Å². The normalized spacial score (nSPS) is 11.5. The van der Waals surface area contributed by atoms with Crippen molar-refractivity contribution < 1.29 is 18.1 Å². The molecule has 0 heterocycles. The fourth-order valence-corrected chi connectivity index (χ4v) is 5.39. The molecule has 0 saturated heterocycles. The summed E-state index contributed by atoms with van der Waals surface area (Å²) >= 11 is 3.49. The highest BCUT2D eigenvalue weighted by Crippen LogP contribution is 2.49. The monoisotopic (exact) mass is 598 g/mol. The molecule has 0 aromatic rings. The third-order valence-corrected chi connectivity index (χ3v) is 8.29. The Hall–Kier alpha value is 0.590. The second kappa shape index (κ2) is 33.6. The van der Waals surface area contributed by atoms with Crippen molar-refractivity contribution in [3.63, 3.8) is 0 Å². The number of hydrogen-bond donors (Lipinski definition) is 0. The minimum absolute atomic E-state index is 0.437. The first-order valence-corrected chi connectivity index (χ1v) is 18.3. The van der Waals surface area contributed by atoms with E-state index in [1.54, 1.807) is 0 Å². The number of halogens is 1. The largest absolute Gasteiger partial charge is 0.474 e. The van der Waals surface area contributed by atoms with Crippen LogP contribution in [0.2, 0.25) is 0 Å². The van der Waals surface area contributed by atoms with Gasteiger partial charge in [-0.1, -0.05) is 159 Å². The van der Waals surface area contributed by atoms with Crippen LogP contribution in [0.15, 0.2) is 0 Å². The predicted octanol–water partition coefficient (Wildman–Crippen LogP) is 12.2. The number of phosphoric ester groups is 1. The molecule has 6 heteroatoms. The van der Waals surface area contributed by atoms with Gasteiger partial charge in [-0.2, -0.15) is 0 Å². The zero-order valence-corrected chi connectivity index (χ0v) is 27.3. The molecule has 0 aromatic heterocycles. The molecule has 0 aromatic carbocycles. The minimum Gasteiger partial charge on any atom is -0.287 e. The number of rotatable bonds is 28. The fourth-order valence-electron chi connectivity index (χ4n) is 3.72. The van der Waals surface area contributed by atoms with Gasteiger partial charge in [0, 0.05) is 5.33 Å². The van der Waals surface area contributed by atoms with Gasteiger partial charge in [-0.05, 0) is 25.7 Å². The van der Waals surface area contributed by atoms with E-state index in [0.29, 0.717) is 19.8 Å². The Bertz CT molecular complexity index is 388. The second-order valence-corrected chi connectivity index (χ2v) is 12.5. The smallest absolute Gasteiger partial charge is 0.287 e. The third kappa shape index (κ3) is 32.6. The average Bonchev–Trinajstić information content (AvgIpc) is 2.87. The van der Waals surface area contributed by atoms with Crippen LogP contribution in [0.25, 0.3) is 0 Å². The van der Waals surface area contributed by atoms with Crippen molar-refractivity contribution in [2.45, 2.75) is 169 Å². The van der Waals surface area contributed by atoms with Crippen molar-refractivity contribution in [3.05, 3.63) is 0 Å². The summed E-state index contributed by atoms with van der Waals surface area (Å²) in [4.78, 5) is 0. The van der Waals surface area contributed by atoms with Crippen molar-refractivity contribution >= 4 is 23.8 Å². The Labute approximate surface area is 235 Å². The van der Waals surface area contributed by atoms with Crippen LogP contribution in [0.5, 0.6) is 0 Å². The van der Waals surface area contributed by atoms with Crippen LogP contribution < -0.4 is 0 Å². The molecule has 0 atom stereocenters. The number of unbranched alkanes of at least 4 members (excludes halogenated alkanes) is 18. The van der Waals surface area contributed by atoms with E-state index in [0.717, 1.165) is 38.5 Å². The molecule has 4 nitrogen and oxygen atoms in total. The van der Waals surface area contributed by atoms with Crippen molar-refractivity contribution in [1.82, 2.24) is 0 Å². The lowest BCUT2D eigenvalue weighted by atomic mass is 10.0. The SMILES string of the molecule is CCCCCCCCCCCCCCCCCCBr.CCCCOP(=O)(OCCCC)OCCCC. The molecule has 0 aliphatic carbocycles. The summed E-state index contributed by atoms with van der Waals surface area (Å²) in [5.74, 6) is 0. The topological polar surface area (TPSA) is 44.8 Å². The molecule has 0 spiro atoms. The molecule has 0 N–H and O–H groups in total. The Morgan fingerprint density at radius 1 is 0.417 bits per heavy atom. The van der Waals surface area contributed by atoms with E-state index < -0.39 is 7.82 Å². The molecule has 0 rings (SSSR count). The summed E-state index contributed by atoms with van der Waals surface area (Å²) in [6.45, 7) is 9.78. The van der Waals surface area contributed by atoms with Gasteiger partial charge in [-0.15, -0.1) is 0 Å². The first kappa shape index (κ1) is 38.7. The highest BCUT2D eigenvalue weighted by molar-refractivity contribution is 9.09. The lowest BCUT2D eigenvalue weighted by Crippen LogP contribution is -2.03. The third-order valence-electron chi connectivity index (χ3n) is 6.23. The molecule has 0 radical (unpaired) electrons. The molecular weight excluding hydrogens is 535 g/mol. The lowest BCUT2D eigenvalue weighted by Gasteiger charge is -2.17. The van der Waals surface area contributed by atoms with E-state index >= 15 is 0 Å². The molecule has 0 bridgehead atoms. The molecule has 0 unspecified atom stereocenters. The zero-order chi connectivity index (χ0) is 27.0. The van der Waals surface area contributed by atoms with E-state index in [-0.39, 0.29) is 0 Å². The zero-order valence-electron chi connectivity index (χ0n) is 24.8. The first-order valence-electron chi connectivity index (χ1n) is 15.7. The van der Waals surface area contributed by atoms with Crippen molar-refractivity contribution in [2.75, 3.05) is 25.2 Å². The van der Waals surface area contributed by atoms with Crippen LogP contribution in [0, 0.1) is 0 Å². The highest BCUT2D eigenvalue weighted by Gasteiger charge is 2.25. The Kier molecular flexibility index (Phi) is 36.2. The Morgan fingerprint density at radius 3 is 0.917 bits per heavy atom. The van der Waals surface area contributed by atoms with Gasteiger partial charge < -0.3 is 0 Å². The summed E-state index contributed by atoms with van der Waals surface area (Å²) in [5.41, 5.74) is 0. The van der Waals surface area contributed by atoms with E-state index in [1.165, 1.54) is 108 Å². The maximum atomic E-state index is 12.2. The van der Waals surface area contributed by atoms with Crippen LogP contribution in [-0.2, 0) is 18.1 Å². The number of phosphoric acid groups is 1. The van der Waals surface area contributed by atoms with Crippen molar-refractivity contribution in [1.29, 1.82) is 0 Å². The molecular formula is C30H64BrO4P. The van der Waals surface area contributed by atoms with Crippen molar-refractivity contribution in [3.8, 4) is 0 Å². The Morgan fingerprint density at radius 2 is 0.667 bits per heavy atom. The first-order chi connectivity index (χ1) is 17.6. The van der Waals surface area contributed by atoms with Gasteiger partial charge in [0.1, 0.15) is 0 Å². The molecule has 220 valence electrons. The predicted molar refractivity (Wildman–Crippen MR) is 164 cm³/mol. The van der Waals surface area contributed by atoms with E-state index in [1.807, 2.05) is 0 Å². The maximum Gasteiger partial charge on any atom is 0.474 e. The van der Waals surface area contributed by atoms with Crippen LogP contribution in [0.1, 0.15) is 169 Å². The van der Waals surface area contributed by atoms with Crippen molar-refractivity contribution in [2.24, 2.45) is 0 Å². The molecule has 36 heavy (non-hydrogen) atoms. The average molecular weight is 600 g/mol. The molecule has 0 amide bonds. The van der Waals surface area contributed by atoms with Gasteiger partial charge in [0.25, 0.3) is 0 Å². The summed E-state index contributed by atoms with van der Waals surface area (Å²) in [6.07, 6.45) is 28.9. The number of hydrogen-bond acceptors (Lipinski definition) is 4. The molecule has 0 aliphatic heterocycles. The fraction of sp³-hybridized carbons (Fsp3) is 1.00. The Balaban J connectivity index is 0. The minimum atomic E-state index is -3.31. The van der Waals surface area contributed by atoms with Gasteiger partial charge >= 0.3 is 7.82 Å². The summed E-state index contributed by atoms with van der Waals surface area (Å²) in [5, 5.41) is 1.19. The molecule has 0 aliphatic rings. The van der Waals surface area contributed by atoms with E-state index in [9.17, 15) is 4.57 Å². The van der Waals surface area contributed by atoms with Crippen LogP contribution in [0.3, 0.4) is 0 Å². The number of alkyl halides is 1. The van der Waals surface area contributed by atoms with Crippen LogP contribution in [0.4, 0.5) is 0 Å². The van der Waals surface area contributed by atoms with E-state index in [2.05, 4.69) is 43.6 Å². The highest BCUT2D eigenvalue weighted by atomic mass is 79.9. The van der Waals surface area contributed by atoms with Gasteiger partial charge in [-0.3, -0.25) is 13.6 Å². The van der Waals surface area contributed by atoms with Crippen LogP contribution >= 0.6 is 23.8 Å². The lowest BCUT2D eigenvalue weighted by molar-refractivity contribution is 0.110. The molecule has 0 saturated carbocycles. The quantitative estimate of drug-likeness (QED) is 0.0510. The summed E-state index contributed by atoms with van der Waals surface area (Å²) < 4.78 is 28.0. The maximum absolute atomic E-state index is 12.2. The molecule has 0 fully saturated rings. The summed E-state index contributed by atoms with van der Waals surface area (Å²) in [7, 11) is -3.31.